The molecule has 6 fully saturated rings. The van der Waals surface area contributed by atoms with Crippen molar-refractivity contribution in [2.75, 3.05) is 19.8 Å². The van der Waals surface area contributed by atoms with E-state index in [1.807, 2.05) is 0 Å². The summed E-state index contributed by atoms with van der Waals surface area (Å²) >= 11 is 0. The number of hydrogen-bond donors (Lipinski definition) is 9. The summed E-state index contributed by atoms with van der Waals surface area (Å²) in [5, 5.41) is 98.1. The van der Waals surface area contributed by atoms with Gasteiger partial charge in [0, 0.05) is 42.4 Å². The second-order valence-corrected chi connectivity index (χ2v) is 22.5. The molecule has 3 aliphatic heterocycles. The molecule has 3 saturated heterocycles. The molecule has 0 bridgehead atoms. The van der Waals surface area contributed by atoms with Gasteiger partial charge in [0.2, 0.25) is 0 Å². The lowest BCUT2D eigenvalue weighted by molar-refractivity contribution is -0.358. The topological polar surface area (TPSA) is 237 Å². The molecule has 0 radical (unpaired) electrons. The number of terminal acetylenes is 1. The third-order valence-corrected chi connectivity index (χ3v) is 18.0. The second-order valence-electron chi connectivity index (χ2n) is 22.5. The van der Waals surface area contributed by atoms with Crippen LogP contribution in [0.25, 0.3) is 0 Å². The molecule has 64 heavy (non-hydrogen) atoms. The lowest BCUT2D eigenvalue weighted by Crippen LogP contribution is -2.64. The molecular formula is C49H80O15. The Morgan fingerprint density at radius 2 is 1.48 bits per heavy atom. The van der Waals surface area contributed by atoms with Crippen molar-refractivity contribution in [2.45, 2.75) is 217 Å². The quantitative estimate of drug-likeness (QED) is 0.0901. The van der Waals surface area contributed by atoms with Crippen LogP contribution in [0.1, 0.15) is 126 Å². The van der Waals surface area contributed by atoms with Gasteiger partial charge in [0.1, 0.15) is 12.2 Å². The lowest BCUT2D eigenvalue weighted by Gasteiger charge is -2.67. The standard InChI is InChI=1S/C49H80O15/c1-9-26(31-16-17-47(6)36-13-11-32-33(12-14-37(55)45(32,2)3)49(36,8)38(56)22-48(31,47)7)10-15-39(46(4,5)58)63-44-42(64-43-41(57)34(53)20-29(24-51)61-43)35(54)21-30(62-44)25-59-40-19-27(52)18-28(23-50)60-40/h1,11,26-31,33-44,50-58H,10,12-25H2,2-8H3/t26-,27+,28+,29+,30+,31-,33?,34+,35+,36+,37+,38-,39-,40-,41-,42?,43+,44+,47+,48-,49+/m1/s1. The molecule has 3 heterocycles. The maximum Gasteiger partial charge on any atom is 0.187 e. The number of aliphatic hydroxyl groups is 9. The van der Waals surface area contributed by atoms with Crippen LogP contribution in [0.4, 0.5) is 0 Å². The number of fused-ring (bicyclic) bond motifs is 5. The highest BCUT2D eigenvalue weighted by Gasteiger charge is 2.70. The molecule has 7 rings (SSSR count). The van der Waals surface area contributed by atoms with Gasteiger partial charge in [-0.25, -0.2) is 0 Å². The fourth-order valence-corrected chi connectivity index (χ4v) is 13.8. The molecule has 0 aromatic rings. The van der Waals surface area contributed by atoms with Crippen molar-refractivity contribution in [2.24, 2.45) is 45.3 Å². The van der Waals surface area contributed by atoms with Gasteiger partial charge in [-0.1, -0.05) is 46.3 Å². The smallest absolute Gasteiger partial charge is 0.187 e. The summed E-state index contributed by atoms with van der Waals surface area (Å²) in [4.78, 5) is 0. The number of hydrogen-bond acceptors (Lipinski definition) is 15. The maximum absolute atomic E-state index is 12.4. The van der Waals surface area contributed by atoms with E-state index in [0.29, 0.717) is 25.7 Å². The van der Waals surface area contributed by atoms with Crippen LogP contribution < -0.4 is 0 Å². The average Bonchev–Trinajstić information content (AvgIpc) is 3.49. The molecule has 15 nitrogen and oxygen atoms in total. The highest BCUT2D eigenvalue weighted by molar-refractivity contribution is 5.32. The minimum absolute atomic E-state index is 0.00708. The Bertz CT molecular complexity index is 1660. The van der Waals surface area contributed by atoms with E-state index in [9.17, 15) is 46.0 Å². The van der Waals surface area contributed by atoms with E-state index in [0.717, 1.165) is 25.7 Å². The molecule has 3 saturated carbocycles. The fraction of sp³-hybridized carbons (Fsp3) is 0.918. The lowest BCUT2D eigenvalue weighted by atomic mass is 9.38. The molecular weight excluding hydrogens is 829 g/mol. The summed E-state index contributed by atoms with van der Waals surface area (Å²) < 4.78 is 36.8. The van der Waals surface area contributed by atoms with E-state index in [-0.39, 0.29) is 84.2 Å². The Morgan fingerprint density at radius 3 is 2.16 bits per heavy atom. The molecule has 366 valence electrons. The maximum atomic E-state index is 12.4. The van der Waals surface area contributed by atoms with Crippen molar-refractivity contribution in [3.05, 3.63) is 11.6 Å². The minimum atomic E-state index is -1.50. The monoisotopic (exact) mass is 909 g/mol. The average molecular weight is 909 g/mol. The first kappa shape index (κ1) is 50.6. The highest BCUT2D eigenvalue weighted by Crippen LogP contribution is 2.75. The Morgan fingerprint density at radius 1 is 0.812 bits per heavy atom. The van der Waals surface area contributed by atoms with Crippen molar-refractivity contribution >= 4 is 0 Å². The van der Waals surface area contributed by atoms with E-state index < -0.39 is 98.2 Å². The molecule has 0 amide bonds. The van der Waals surface area contributed by atoms with Crippen LogP contribution in [-0.2, 0) is 28.4 Å². The first-order valence-corrected chi connectivity index (χ1v) is 24.1. The van der Waals surface area contributed by atoms with Gasteiger partial charge >= 0.3 is 0 Å². The molecule has 7 aliphatic rings. The Hall–Kier alpha value is -1.30. The van der Waals surface area contributed by atoms with E-state index in [4.69, 9.17) is 34.8 Å². The summed E-state index contributed by atoms with van der Waals surface area (Å²) in [6, 6.07) is 0. The third-order valence-electron chi connectivity index (χ3n) is 18.0. The second kappa shape index (κ2) is 19.2. The molecule has 21 atom stereocenters. The zero-order valence-electron chi connectivity index (χ0n) is 39.1. The van der Waals surface area contributed by atoms with Gasteiger partial charge in [0.25, 0.3) is 0 Å². The van der Waals surface area contributed by atoms with E-state index >= 15 is 0 Å². The minimum Gasteiger partial charge on any atom is -0.394 e. The van der Waals surface area contributed by atoms with Gasteiger partial charge in [0.05, 0.1) is 80.4 Å². The molecule has 4 aliphatic carbocycles. The summed E-state index contributed by atoms with van der Waals surface area (Å²) in [5.74, 6) is 3.40. The SMILES string of the molecule is C#C[C@H](CC[C@@H](O[C@@H]1O[C@H](CO[C@H]2C[C@@H](O)C[C@@H](CO)O2)C[C@H](O)C1O[C@@H]1O[C@H](CO)C[C@H](O)[C@H]1O)C(C)(C)O)[C@H]1CC[C@@]2(C)[C@@H]3CC=C4C(CC[C@H](O)C4(C)C)[C@]3(C)[C@H](O)C[C@]12C. The molecule has 0 aromatic heterocycles. The van der Waals surface area contributed by atoms with Gasteiger partial charge in [-0.15, -0.1) is 12.3 Å². The zero-order valence-corrected chi connectivity index (χ0v) is 39.1. The van der Waals surface area contributed by atoms with Crippen LogP contribution in [0.2, 0.25) is 0 Å². The summed E-state index contributed by atoms with van der Waals surface area (Å²) in [6.45, 7) is 13.8. The van der Waals surface area contributed by atoms with Gasteiger partial charge in [-0.2, -0.15) is 0 Å². The molecule has 15 heteroatoms. The van der Waals surface area contributed by atoms with Crippen molar-refractivity contribution in [1.82, 2.24) is 0 Å². The van der Waals surface area contributed by atoms with E-state index in [2.05, 4.69) is 46.6 Å². The number of rotatable bonds is 14. The van der Waals surface area contributed by atoms with Crippen LogP contribution in [0.3, 0.4) is 0 Å². The summed E-state index contributed by atoms with van der Waals surface area (Å²) in [7, 11) is 0. The van der Waals surface area contributed by atoms with Gasteiger partial charge in [-0.3, -0.25) is 0 Å². The van der Waals surface area contributed by atoms with Gasteiger partial charge in [0.15, 0.2) is 18.9 Å². The van der Waals surface area contributed by atoms with E-state index in [1.165, 1.54) is 5.57 Å². The predicted octanol–water partition coefficient (Wildman–Crippen LogP) is 2.67. The number of ether oxygens (including phenoxy) is 6. The Balaban J connectivity index is 1.09. The normalized spacial score (nSPS) is 48.0. The van der Waals surface area contributed by atoms with Crippen LogP contribution in [0, 0.1) is 57.7 Å². The first-order valence-electron chi connectivity index (χ1n) is 24.1. The fourth-order valence-electron chi connectivity index (χ4n) is 13.8. The van der Waals surface area contributed by atoms with Crippen LogP contribution in [-0.4, -0.2) is 157 Å². The van der Waals surface area contributed by atoms with Gasteiger partial charge in [-0.05, 0) is 93.8 Å². The van der Waals surface area contributed by atoms with Crippen LogP contribution in [0.5, 0.6) is 0 Å². The molecule has 0 spiro atoms. The van der Waals surface area contributed by atoms with Crippen LogP contribution >= 0.6 is 0 Å². The van der Waals surface area contributed by atoms with Crippen molar-refractivity contribution in [3.63, 3.8) is 0 Å². The Labute approximate surface area is 379 Å². The Kier molecular flexibility index (Phi) is 15.2. The van der Waals surface area contributed by atoms with Crippen molar-refractivity contribution in [1.29, 1.82) is 0 Å². The summed E-state index contributed by atoms with van der Waals surface area (Å²) in [5.41, 5.74) is -1.25. The molecule has 9 N–H and O–H groups in total. The number of aliphatic hydroxyl groups excluding tert-OH is 8. The number of allylic oxidation sites excluding steroid dienone is 1. The molecule has 0 aromatic carbocycles. The van der Waals surface area contributed by atoms with Crippen molar-refractivity contribution < 1.29 is 74.4 Å². The largest absolute Gasteiger partial charge is 0.394 e. The van der Waals surface area contributed by atoms with E-state index in [1.54, 1.807) is 13.8 Å². The zero-order chi connectivity index (χ0) is 46.7. The third kappa shape index (κ3) is 9.28. The highest BCUT2D eigenvalue weighted by atomic mass is 16.8. The predicted molar refractivity (Wildman–Crippen MR) is 233 cm³/mol. The van der Waals surface area contributed by atoms with Gasteiger partial charge < -0.3 is 74.4 Å². The molecule has 2 unspecified atom stereocenters. The summed E-state index contributed by atoms with van der Waals surface area (Å²) in [6.07, 6.45) is 1.15. The first-order chi connectivity index (χ1) is 30.0. The van der Waals surface area contributed by atoms with Crippen molar-refractivity contribution in [3.8, 4) is 12.3 Å². The van der Waals surface area contributed by atoms with Crippen LogP contribution in [0.15, 0.2) is 11.6 Å².